The van der Waals surface area contributed by atoms with Crippen LogP contribution >= 0.6 is 11.3 Å². The quantitative estimate of drug-likeness (QED) is 0.793. The monoisotopic (exact) mass is 261 g/mol. The summed E-state index contributed by atoms with van der Waals surface area (Å²) in [6, 6.07) is 6.07. The molecule has 3 nitrogen and oxygen atoms in total. The third-order valence-electron chi connectivity index (χ3n) is 2.69. The molecule has 0 aliphatic carbocycles. The molecule has 0 N–H and O–H groups in total. The van der Waals surface area contributed by atoms with Crippen LogP contribution in [0.3, 0.4) is 0 Å². The highest BCUT2D eigenvalue weighted by atomic mass is 32.1. The van der Waals surface area contributed by atoms with Crippen molar-refractivity contribution in [1.29, 1.82) is 0 Å². The lowest BCUT2D eigenvalue weighted by molar-refractivity contribution is 0.101. The molecule has 0 fully saturated rings. The van der Waals surface area contributed by atoms with E-state index in [1.54, 1.807) is 12.5 Å². The van der Waals surface area contributed by atoms with E-state index in [-0.39, 0.29) is 5.78 Å². The first-order valence-corrected chi connectivity index (χ1v) is 6.57. The maximum Gasteiger partial charge on any atom is 0.178 e. The van der Waals surface area contributed by atoms with Crippen LogP contribution in [-0.4, -0.2) is 17.9 Å². The fourth-order valence-corrected chi connectivity index (χ4v) is 2.62. The van der Waals surface area contributed by atoms with Crippen LogP contribution in [-0.2, 0) is 6.42 Å². The Morgan fingerprint density at radius 1 is 1.44 bits per heavy atom. The van der Waals surface area contributed by atoms with E-state index >= 15 is 0 Å². The van der Waals surface area contributed by atoms with Crippen molar-refractivity contribution in [2.24, 2.45) is 0 Å². The molecule has 2 rings (SSSR count). The van der Waals surface area contributed by atoms with Gasteiger partial charge in [-0.1, -0.05) is 17.7 Å². The van der Waals surface area contributed by atoms with E-state index in [1.807, 2.05) is 19.1 Å². The van der Waals surface area contributed by atoms with Gasteiger partial charge in [0.1, 0.15) is 11.4 Å². The summed E-state index contributed by atoms with van der Waals surface area (Å²) in [4.78, 5) is 15.5. The van der Waals surface area contributed by atoms with Gasteiger partial charge >= 0.3 is 0 Å². The molecular formula is C14H15NO2S. The van der Waals surface area contributed by atoms with Gasteiger partial charge in [0, 0.05) is 24.3 Å². The van der Waals surface area contributed by atoms with E-state index in [2.05, 4.69) is 11.1 Å². The summed E-state index contributed by atoms with van der Waals surface area (Å²) >= 11 is 1.51. The molecule has 0 bridgehead atoms. The average molecular weight is 261 g/mol. The van der Waals surface area contributed by atoms with Crippen molar-refractivity contribution in [3.8, 4) is 5.75 Å². The molecule has 1 aromatic heterocycles. The van der Waals surface area contributed by atoms with Crippen LogP contribution in [0.5, 0.6) is 5.75 Å². The van der Waals surface area contributed by atoms with Crippen molar-refractivity contribution < 1.29 is 9.53 Å². The summed E-state index contributed by atoms with van der Waals surface area (Å²) in [7, 11) is 1.66. The Hall–Kier alpha value is -1.68. The lowest BCUT2D eigenvalue weighted by atomic mass is 10.1. The summed E-state index contributed by atoms with van der Waals surface area (Å²) in [6.45, 7) is 3.58. The Kier molecular flexibility index (Phi) is 3.77. The smallest absolute Gasteiger partial charge is 0.178 e. The molecular weight excluding hydrogens is 246 g/mol. The molecule has 0 atom stereocenters. The number of thiazole rings is 1. The molecule has 0 spiro atoms. The molecule has 0 aliphatic heterocycles. The highest BCUT2D eigenvalue weighted by Crippen LogP contribution is 2.24. The number of rotatable bonds is 4. The van der Waals surface area contributed by atoms with Crippen LogP contribution in [0.1, 0.15) is 33.5 Å². The van der Waals surface area contributed by atoms with Crippen molar-refractivity contribution in [2.45, 2.75) is 20.3 Å². The number of nitrogens with zero attached hydrogens (tertiary/aromatic N) is 1. The molecule has 1 aromatic carbocycles. The Balaban J connectivity index is 2.27. The number of carbonyl (C=O) groups is 1. The Morgan fingerprint density at radius 2 is 2.22 bits per heavy atom. The summed E-state index contributed by atoms with van der Waals surface area (Å²) in [5.41, 5.74) is 2.83. The van der Waals surface area contributed by atoms with E-state index in [0.29, 0.717) is 12.1 Å². The number of Topliss-reactive ketones (excluding diaryl/α,β-unsaturated/α-hetero) is 1. The predicted molar refractivity (Wildman–Crippen MR) is 72.7 cm³/mol. The first-order valence-electron chi connectivity index (χ1n) is 5.69. The van der Waals surface area contributed by atoms with Crippen LogP contribution in [0.25, 0.3) is 0 Å². The second kappa shape index (κ2) is 5.31. The number of ketones is 1. The molecule has 4 heteroatoms. The SMILES string of the molecule is COc1ccc(C)cc1Cc1nc(C(C)=O)cs1. The number of aryl methyl sites for hydroxylation is 1. The maximum absolute atomic E-state index is 11.2. The third kappa shape index (κ3) is 2.76. The average Bonchev–Trinajstić information content (AvgIpc) is 2.78. The predicted octanol–water partition coefficient (Wildman–Crippen LogP) is 3.25. The normalized spacial score (nSPS) is 10.4. The summed E-state index contributed by atoms with van der Waals surface area (Å²) < 4.78 is 5.34. The largest absolute Gasteiger partial charge is 0.496 e. The van der Waals surface area contributed by atoms with E-state index in [0.717, 1.165) is 16.3 Å². The molecule has 18 heavy (non-hydrogen) atoms. The Bertz CT molecular complexity index is 575. The van der Waals surface area contributed by atoms with Crippen LogP contribution < -0.4 is 4.74 Å². The van der Waals surface area contributed by atoms with Gasteiger partial charge in [0.2, 0.25) is 0 Å². The summed E-state index contributed by atoms with van der Waals surface area (Å²) in [5, 5.41) is 2.74. The minimum Gasteiger partial charge on any atom is -0.496 e. The fourth-order valence-electron chi connectivity index (χ4n) is 1.76. The minimum absolute atomic E-state index is 0.00806. The van der Waals surface area contributed by atoms with Gasteiger partial charge in [-0.3, -0.25) is 4.79 Å². The van der Waals surface area contributed by atoms with Crippen LogP contribution in [0.2, 0.25) is 0 Å². The van der Waals surface area contributed by atoms with Gasteiger partial charge in [0.05, 0.1) is 12.1 Å². The standard InChI is InChI=1S/C14H15NO2S/c1-9-4-5-13(17-3)11(6-9)7-14-15-12(8-18-14)10(2)16/h4-6,8H,7H2,1-3H3. The molecule has 0 radical (unpaired) electrons. The van der Waals surface area contributed by atoms with Crippen LogP contribution in [0, 0.1) is 6.92 Å². The van der Waals surface area contributed by atoms with E-state index < -0.39 is 0 Å². The Labute approximate surface area is 110 Å². The van der Waals surface area contributed by atoms with Crippen LogP contribution in [0.4, 0.5) is 0 Å². The highest BCUT2D eigenvalue weighted by molar-refractivity contribution is 7.09. The molecule has 1 heterocycles. The summed E-state index contributed by atoms with van der Waals surface area (Å²) in [5.74, 6) is 0.869. The molecule has 0 aliphatic rings. The zero-order chi connectivity index (χ0) is 13.1. The fraction of sp³-hybridized carbons (Fsp3) is 0.286. The number of carbonyl (C=O) groups excluding carboxylic acids is 1. The van der Waals surface area contributed by atoms with Gasteiger partial charge in [0.15, 0.2) is 5.78 Å². The van der Waals surface area contributed by atoms with Crippen molar-refractivity contribution >= 4 is 17.1 Å². The Morgan fingerprint density at radius 3 is 2.83 bits per heavy atom. The number of hydrogen-bond donors (Lipinski definition) is 0. The number of methoxy groups -OCH3 is 1. The van der Waals surface area contributed by atoms with Gasteiger partial charge in [-0.2, -0.15) is 0 Å². The van der Waals surface area contributed by atoms with Crippen LogP contribution in [0.15, 0.2) is 23.6 Å². The minimum atomic E-state index is 0.00806. The van der Waals surface area contributed by atoms with Crippen molar-refractivity contribution in [2.75, 3.05) is 7.11 Å². The van der Waals surface area contributed by atoms with Gasteiger partial charge < -0.3 is 4.74 Å². The topological polar surface area (TPSA) is 39.2 Å². The first-order chi connectivity index (χ1) is 8.60. The number of hydrogen-bond acceptors (Lipinski definition) is 4. The molecule has 2 aromatic rings. The summed E-state index contributed by atoms with van der Waals surface area (Å²) in [6.07, 6.45) is 0.697. The van der Waals surface area contributed by atoms with Crippen molar-refractivity contribution in [3.63, 3.8) is 0 Å². The zero-order valence-corrected chi connectivity index (χ0v) is 11.5. The van der Waals surface area contributed by atoms with Gasteiger partial charge in [-0.25, -0.2) is 4.98 Å². The number of aromatic nitrogens is 1. The number of ether oxygens (including phenoxy) is 1. The van der Waals surface area contributed by atoms with Crippen molar-refractivity contribution in [1.82, 2.24) is 4.98 Å². The van der Waals surface area contributed by atoms with Gasteiger partial charge in [0.25, 0.3) is 0 Å². The highest BCUT2D eigenvalue weighted by Gasteiger charge is 2.09. The third-order valence-corrected chi connectivity index (χ3v) is 3.54. The maximum atomic E-state index is 11.2. The second-order valence-corrected chi connectivity index (χ2v) is 5.12. The molecule has 0 unspecified atom stereocenters. The first kappa shape index (κ1) is 12.8. The van der Waals surface area contributed by atoms with Crippen molar-refractivity contribution in [3.05, 3.63) is 45.4 Å². The number of benzene rings is 1. The second-order valence-electron chi connectivity index (χ2n) is 4.17. The molecule has 0 saturated carbocycles. The van der Waals surface area contributed by atoms with Gasteiger partial charge in [-0.05, 0) is 13.0 Å². The van der Waals surface area contributed by atoms with E-state index in [9.17, 15) is 4.79 Å². The molecule has 94 valence electrons. The molecule has 0 saturated heterocycles. The lowest BCUT2D eigenvalue weighted by Gasteiger charge is -2.07. The molecule has 0 amide bonds. The van der Waals surface area contributed by atoms with E-state index in [1.165, 1.54) is 23.8 Å². The lowest BCUT2D eigenvalue weighted by Crippen LogP contribution is -1.96. The van der Waals surface area contributed by atoms with Gasteiger partial charge in [-0.15, -0.1) is 11.3 Å². The zero-order valence-electron chi connectivity index (χ0n) is 10.7. The van der Waals surface area contributed by atoms with E-state index in [4.69, 9.17) is 4.74 Å².